The van der Waals surface area contributed by atoms with E-state index in [0.717, 1.165) is 18.5 Å². The fourth-order valence-electron chi connectivity index (χ4n) is 3.76. The first kappa shape index (κ1) is 17.7. The summed E-state index contributed by atoms with van der Waals surface area (Å²) in [5.41, 5.74) is 2.49. The van der Waals surface area contributed by atoms with Gasteiger partial charge >= 0.3 is 0 Å². The summed E-state index contributed by atoms with van der Waals surface area (Å²) in [7, 11) is 0. The van der Waals surface area contributed by atoms with Crippen LogP contribution in [-0.4, -0.2) is 71.3 Å². The summed E-state index contributed by atoms with van der Waals surface area (Å²) in [6.45, 7) is 7.77. The molecule has 25 heavy (non-hydrogen) atoms. The van der Waals surface area contributed by atoms with Crippen molar-refractivity contribution >= 4 is 17.6 Å². The summed E-state index contributed by atoms with van der Waals surface area (Å²) in [5.74, 6) is -0.120. The number of Topliss-reactive ketones (excluding diaryl/α,β-unsaturated/α-hetero) is 1. The van der Waals surface area contributed by atoms with E-state index >= 15 is 0 Å². The summed E-state index contributed by atoms with van der Waals surface area (Å²) in [6.07, 6.45) is 1.40. The highest BCUT2D eigenvalue weighted by molar-refractivity contribution is 6.02. The largest absolute Gasteiger partial charge is 0.368 e. The van der Waals surface area contributed by atoms with Crippen molar-refractivity contribution in [2.24, 2.45) is 0 Å². The molecule has 0 saturated carbocycles. The highest BCUT2D eigenvalue weighted by Crippen LogP contribution is 2.21. The summed E-state index contributed by atoms with van der Waals surface area (Å²) < 4.78 is 5.46. The number of H-pyrrole nitrogens is 1. The average Bonchev–Trinajstić information content (AvgIpc) is 3.22. The van der Waals surface area contributed by atoms with Crippen molar-refractivity contribution < 1.29 is 19.1 Å². The second-order valence-corrected chi connectivity index (χ2v) is 6.80. The van der Waals surface area contributed by atoms with Crippen LogP contribution in [0, 0.1) is 13.8 Å². The number of piperazine rings is 1. The molecule has 2 saturated heterocycles. The van der Waals surface area contributed by atoms with Crippen molar-refractivity contribution in [2.75, 3.05) is 32.8 Å². The number of aryl methyl sites for hydroxylation is 1. The van der Waals surface area contributed by atoms with E-state index in [4.69, 9.17) is 4.74 Å². The second kappa shape index (κ2) is 7.00. The smallest absolute Gasteiger partial charge is 0.270 e. The fraction of sp³-hybridized carbons (Fsp3) is 0.611. The molecular weight excluding hydrogens is 322 g/mol. The van der Waals surface area contributed by atoms with Crippen LogP contribution in [0.3, 0.4) is 0 Å². The summed E-state index contributed by atoms with van der Waals surface area (Å²) >= 11 is 0. The number of ketones is 1. The molecule has 2 amide bonds. The molecule has 2 aliphatic heterocycles. The zero-order chi connectivity index (χ0) is 18.1. The Morgan fingerprint density at radius 1 is 1.08 bits per heavy atom. The van der Waals surface area contributed by atoms with E-state index in [2.05, 4.69) is 4.98 Å². The van der Waals surface area contributed by atoms with Crippen LogP contribution in [-0.2, 0) is 9.53 Å². The van der Waals surface area contributed by atoms with Gasteiger partial charge in [-0.25, -0.2) is 0 Å². The van der Waals surface area contributed by atoms with Gasteiger partial charge in [-0.3, -0.25) is 14.4 Å². The van der Waals surface area contributed by atoms with Crippen LogP contribution < -0.4 is 0 Å². The Hall–Kier alpha value is -2.15. The zero-order valence-corrected chi connectivity index (χ0v) is 15.1. The molecule has 136 valence electrons. The highest BCUT2D eigenvalue weighted by atomic mass is 16.5. The minimum absolute atomic E-state index is 0.0374. The Morgan fingerprint density at radius 2 is 1.72 bits per heavy atom. The molecule has 0 aliphatic carbocycles. The van der Waals surface area contributed by atoms with Gasteiger partial charge in [0.15, 0.2) is 5.78 Å². The Morgan fingerprint density at radius 3 is 2.24 bits per heavy atom. The maximum Gasteiger partial charge on any atom is 0.270 e. The number of nitrogens with zero attached hydrogens (tertiary/aromatic N) is 2. The molecular formula is C18H25N3O4. The van der Waals surface area contributed by atoms with Crippen LogP contribution in [0.5, 0.6) is 0 Å². The van der Waals surface area contributed by atoms with Crippen LogP contribution in [0.1, 0.15) is 51.9 Å². The number of hydrogen-bond donors (Lipinski definition) is 1. The van der Waals surface area contributed by atoms with Gasteiger partial charge in [-0.1, -0.05) is 0 Å². The monoisotopic (exact) mass is 347 g/mol. The Kier molecular flexibility index (Phi) is 4.94. The maximum absolute atomic E-state index is 12.8. The first-order chi connectivity index (χ1) is 11.9. The summed E-state index contributed by atoms with van der Waals surface area (Å²) in [4.78, 5) is 43.5. The summed E-state index contributed by atoms with van der Waals surface area (Å²) in [6, 6.07) is 0. The molecule has 1 aromatic heterocycles. The number of carbonyl (C=O) groups is 3. The predicted octanol–water partition coefficient (Wildman–Crippen LogP) is 1.30. The molecule has 0 aromatic carbocycles. The molecule has 2 fully saturated rings. The van der Waals surface area contributed by atoms with Gasteiger partial charge < -0.3 is 19.5 Å². The molecule has 1 atom stereocenters. The first-order valence-corrected chi connectivity index (χ1v) is 8.80. The fourth-order valence-corrected chi connectivity index (χ4v) is 3.76. The lowest BCUT2D eigenvalue weighted by molar-refractivity contribution is -0.142. The first-order valence-electron chi connectivity index (χ1n) is 8.80. The quantitative estimate of drug-likeness (QED) is 0.836. The molecule has 3 rings (SSSR count). The highest BCUT2D eigenvalue weighted by Gasteiger charge is 2.32. The van der Waals surface area contributed by atoms with E-state index in [9.17, 15) is 14.4 Å². The molecule has 1 N–H and O–H groups in total. The van der Waals surface area contributed by atoms with Crippen LogP contribution >= 0.6 is 0 Å². The second-order valence-electron chi connectivity index (χ2n) is 6.80. The number of ether oxygens (including phenoxy) is 1. The number of hydrogen-bond acceptors (Lipinski definition) is 4. The Balaban J connectivity index is 1.65. The maximum atomic E-state index is 12.8. The van der Waals surface area contributed by atoms with Gasteiger partial charge in [0.05, 0.1) is 0 Å². The predicted molar refractivity (Wildman–Crippen MR) is 91.7 cm³/mol. The van der Waals surface area contributed by atoms with E-state index in [0.29, 0.717) is 49.6 Å². The normalized spacial score (nSPS) is 20.8. The third-order valence-electron chi connectivity index (χ3n) is 5.09. The van der Waals surface area contributed by atoms with Crippen molar-refractivity contribution in [3.8, 4) is 0 Å². The zero-order valence-electron chi connectivity index (χ0n) is 15.1. The molecule has 2 aliphatic rings. The van der Waals surface area contributed by atoms with Crippen LogP contribution in [0.2, 0.25) is 0 Å². The lowest BCUT2D eigenvalue weighted by Crippen LogP contribution is -2.53. The van der Waals surface area contributed by atoms with Crippen LogP contribution in [0.15, 0.2) is 0 Å². The van der Waals surface area contributed by atoms with E-state index in [1.165, 1.54) is 6.92 Å². The minimum atomic E-state index is -0.311. The number of rotatable bonds is 3. The van der Waals surface area contributed by atoms with Gasteiger partial charge in [-0.15, -0.1) is 0 Å². The standard InChI is InChI=1S/C18H25N3O4/c1-11-15(13(3)22)12(2)19-16(11)18(24)21-8-6-20(7-9-21)17(23)14-5-4-10-25-14/h14,19H,4-10H2,1-3H3. The lowest BCUT2D eigenvalue weighted by Gasteiger charge is -2.35. The third-order valence-corrected chi connectivity index (χ3v) is 5.09. The molecule has 0 radical (unpaired) electrons. The van der Waals surface area contributed by atoms with Crippen molar-refractivity contribution in [2.45, 2.75) is 39.7 Å². The molecule has 0 spiro atoms. The van der Waals surface area contributed by atoms with Crippen molar-refractivity contribution in [3.63, 3.8) is 0 Å². The van der Waals surface area contributed by atoms with Gasteiger partial charge in [0.2, 0.25) is 0 Å². The lowest BCUT2D eigenvalue weighted by atomic mass is 10.1. The molecule has 3 heterocycles. The van der Waals surface area contributed by atoms with E-state index in [-0.39, 0.29) is 23.7 Å². The Bertz CT molecular complexity index is 695. The van der Waals surface area contributed by atoms with Crippen LogP contribution in [0.4, 0.5) is 0 Å². The molecule has 7 nitrogen and oxygen atoms in total. The number of aromatic amines is 1. The van der Waals surface area contributed by atoms with Gasteiger partial charge in [-0.2, -0.15) is 0 Å². The number of nitrogens with one attached hydrogen (secondary N) is 1. The number of amides is 2. The molecule has 1 aromatic rings. The molecule has 0 bridgehead atoms. The van der Waals surface area contributed by atoms with Gasteiger partial charge in [0, 0.05) is 44.0 Å². The Labute approximate surface area is 147 Å². The topological polar surface area (TPSA) is 82.7 Å². The average molecular weight is 347 g/mol. The van der Waals surface area contributed by atoms with E-state index in [1.54, 1.807) is 23.6 Å². The number of carbonyl (C=O) groups excluding carboxylic acids is 3. The van der Waals surface area contributed by atoms with Crippen LogP contribution in [0.25, 0.3) is 0 Å². The van der Waals surface area contributed by atoms with E-state index < -0.39 is 0 Å². The SMILES string of the molecule is CC(=O)c1c(C)[nH]c(C(=O)N2CCN(C(=O)C3CCCO3)CC2)c1C. The van der Waals surface area contributed by atoms with Crippen molar-refractivity contribution in [3.05, 3.63) is 22.5 Å². The molecule has 1 unspecified atom stereocenters. The minimum Gasteiger partial charge on any atom is -0.368 e. The van der Waals surface area contributed by atoms with Crippen molar-refractivity contribution in [1.29, 1.82) is 0 Å². The third kappa shape index (κ3) is 3.33. The van der Waals surface area contributed by atoms with Gasteiger partial charge in [0.25, 0.3) is 11.8 Å². The van der Waals surface area contributed by atoms with E-state index in [1.807, 2.05) is 0 Å². The molecule has 7 heteroatoms. The summed E-state index contributed by atoms with van der Waals surface area (Å²) in [5, 5.41) is 0. The van der Waals surface area contributed by atoms with Gasteiger partial charge in [0.1, 0.15) is 11.8 Å². The number of aromatic nitrogens is 1. The van der Waals surface area contributed by atoms with Gasteiger partial charge in [-0.05, 0) is 39.2 Å². The van der Waals surface area contributed by atoms with Crippen molar-refractivity contribution in [1.82, 2.24) is 14.8 Å².